The molecule has 1 aromatic heterocycles. The Hall–Kier alpha value is -3.22. The highest BCUT2D eigenvalue weighted by Gasteiger charge is 2.13. The third kappa shape index (κ3) is 5.40. The van der Waals surface area contributed by atoms with Crippen molar-refractivity contribution in [2.45, 2.75) is 39.8 Å². The van der Waals surface area contributed by atoms with Crippen LogP contribution in [0.3, 0.4) is 0 Å². The van der Waals surface area contributed by atoms with E-state index in [1.54, 1.807) is 12.1 Å². The first-order valence-electron chi connectivity index (χ1n) is 9.35. The van der Waals surface area contributed by atoms with Gasteiger partial charge in [-0.25, -0.2) is 4.68 Å². The maximum absolute atomic E-state index is 12.2. The Labute approximate surface area is 168 Å². The molecular formula is C22H23F2N3O2. The fourth-order valence-corrected chi connectivity index (χ4v) is 3.12. The number of rotatable bonds is 8. The van der Waals surface area contributed by atoms with Gasteiger partial charge in [-0.1, -0.05) is 30.3 Å². The maximum Gasteiger partial charge on any atom is 0.387 e. The summed E-state index contributed by atoms with van der Waals surface area (Å²) >= 11 is 0. The van der Waals surface area contributed by atoms with Crippen molar-refractivity contribution in [2.24, 2.45) is 0 Å². The number of alkyl halides is 2. The van der Waals surface area contributed by atoms with E-state index in [0.717, 1.165) is 28.2 Å². The molecule has 0 unspecified atom stereocenters. The number of benzene rings is 2. The summed E-state index contributed by atoms with van der Waals surface area (Å²) in [6.45, 7) is 1.48. The Morgan fingerprint density at radius 3 is 2.45 bits per heavy atom. The average molecular weight is 399 g/mol. The zero-order chi connectivity index (χ0) is 20.8. The summed E-state index contributed by atoms with van der Waals surface area (Å²) in [7, 11) is 0. The number of ether oxygens (including phenoxy) is 1. The summed E-state index contributed by atoms with van der Waals surface area (Å²) in [5.74, 6) is 0.0266. The largest absolute Gasteiger partial charge is 0.435 e. The molecule has 152 valence electrons. The summed E-state index contributed by atoms with van der Waals surface area (Å²) in [6, 6.07) is 16.2. The molecule has 29 heavy (non-hydrogen) atoms. The first kappa shape index (κ1) is 20.5. The smallest absolute Gasteiger partial charge is 0.387 e. The number of aromatic nitrogens is 2. The predicted molar refractivity (Wildman–Crippen MR) is 106 cm³/mol. The molecule has 2 aromatic carbocycles. The minimum absolute atomic E-state index is 0.0795. The Morgan fingerprint density at radius 2 is 1.79 bits per heavy atom. The van der Waals surface area contributed by atoms with Gasteiger partial charge in [0.15, 0.2) is 0 Å². The number of carbonyl (C=O) groups excluding carboxylic acids is 1. The van der Waals surface area contributed by atoms with Crippen LogP contribution in [0.5, 0.6) is 5.75 Å². The minimum Gasteiger partial charge on any atom is -0.435 e. The van der Waals surface area contributed by atoms with Crippen molar-refractivity contribution in [1.82, 2.24) is 15.1 Å². The molecule has 0 fully saturated rings. The second-order valence-electron chi connectivity index (χ2n) is 6.70. The highest BCUT2D eigenvalue weighted by Crippen LogP contribution is 2.18. The molecule has 0 atom stereocenters. The van der Waals surface area contributed by atoms with Crippen molar-refractivity contribution in [3.05, 3.63) is 77.1 Å². The van der Waals surface area contributed by atoms with E-state index in [1.165, 1.54) is 12.1 Å². The van der Waals surface area contributed by atoms with Crippen LogP contribution in [-0.2, 0) is 17.8 Å². The van der Waals surface area contributed by atoms with Crippen molar-refractivity contribution < 1.29 is 18.3 Å². The second kappa shape index (κ2) is 9.32. The normalized spacial score (nSPS) is 10.9. The van der Waals surface area contributed by atoms with Gasteiger partial charge < -0.3 is 10.1 Å². The monoisotopic (exact) mass is 399 g/mol. The number of nitrogens with zero attached hydrogens (tertiary/aromatic N) is 2. The second-order valence-corrected chi connectivity index (χ2v) is 6.70. The van der Waals surface area contributed by atoms with Gasteiger partial charge in [-0.15, -0.1) is 0 Å². The fraction of sp³-hybridized carbons (Fsp3) is 0.273. The van der Waals surface area contributed by atoms with Gasteiger partial charge in [0.2, 0.25) is 5.91 Å². The lowest BCUT2D eigenvalue weighted by atomic mass is 10.1. The van der Waals surface area contributed by atoms with Crippen LogP contribution in [0, 0.1) is 13.8 Å². The van der Waals surface area contributed by atoms with Gasteiger partial charge in [-0.3, -0.25) is 4.79 Å². The summed E-state index contributed by atoms with van der Waals surface area (Å²) < 4.78 is 30.5. The standard InChI is InChI=1S/C22H23F2N3O2/c1-15-20(16(2)27(26-15)18-6-4-3-5-7-18)14-25-21(28)13-10-17-8-11-19(12-9-17)29-22(23)24/h3-9,11-12,22H,10,13-14H2,1-2H3,(H,25,28). The van der Waals surface area contributed by atoms with Gasteiger partial charge in [0.25, 0.3) is 0 Å². The van der Waals surface area contributed by atoms with E-state index in [4.69, 9.17) is 0 Å². The van der Waals surface area contributed by atoms with Crippen molar-refractivity contribution >= 4 is 5.91 Å². The number of hydrogen-bond acceptors (Lipinski definition) is 3. The Bertz CT molecular complexity index is 954. The topological polar surface area (TPSA) is 56.2 Å². The summed E-state index contributed by atoms with van der Waals surface area (Å²) in [6.07, 6.45) is 0.821. The lowest BCUT2D eigenvalue weighted by Gasteiger charge is -2.08. The van der Waals surface area contributed by atoms with Crippen LogP contribution >= 0.6 is 0 Å². The average Bonchev–Trinajstić information content (AvgIpc) is 2.99. The molecule has 0 saturated carbocycles. The van der Waals surface area contributed by atoms with Crippen LogP contribution in [0.25, 0.3) is 5.69 Å². The Morgan fingerprint density at radius 1 is 1.10 bits per heavy atom. The SMILES string of the molecule is Cc1nn(-c2ccccc2)c(C)c1CNC(=O)CCc1ccc(OC(F)F)cc1. The molecular weight excluding hydrogens is 376 g/mol. The summed E-state index contributed by atoms with van der Waals surface area (Å²) in [5.41, 5.74) is 4.72. The Kier molecular flexibility index (Phi) is 6.59. The highest BCUT2D eigenvalue weighted by molar-refractivity contribution is 5.76. The van der Waals surface area contributed by atoms with Crippen LogP contribution in [0.4, 0.5) is 8.78 Å². The first-order chi connectivity index (χ1) is 13.9. The zero-order valence-corrected chi connectivity index (χ0v) is 16.4. The molecule has 0 bridgehead atoms. The van der Waals surface area contributed by atoms with E-state index < -0.39 is 6.61 Å². The van der Waals surface area contributed by atoms with Gasteiger partial charge in [0.1, 0.15) is 5.75 Å². The molecule has 0 spiro atoms. The number of nitrogens with one attached hydrogen (secondary N) is 1. The molecule has 0 aliphatic carbocycles. The molecule has 5 nitrogen and oxygen atoms in total. The van der Waals surface area contributed by atoms with Crippen LogP contribution < -0.4 is 10.1 Å². The fourth-order valence-electron chi connectivity index (χ4n) is 3.12. The third-order valence-corrected chi connectivity index (χ3v) is 4.69. The van der Waals surface area contributed by atoms with Crippen molar-refractivity contribution in [2.75, 3.05) is 0 Å². The predicted octanol–water partition coefficient (Wildman–Crippen LogP) is 4.34. The first-order valence-corrected chi connectivity index (χ1v) is 9.35. The molecule has 0 saturated heterocycles. The zero-order valence-electron chi connectivity index (χ0n) is 16.4. The number of hydrogen-bond donors (Lipinski definition) is 1. The molecule has 0 aliphatic heterocycles. The van der Waals surface area contributed by atoms with E-state index in [-0.39, 0.29) is 11.7 Å². The molecule has 1 amide bonds. The number of carbonyl (C=O) groups is 1. The van der Waals surface area contributed by atoms with Gasteiger partial charge in [-0.2, -0.15) is 13.9 Å². The summed E-state index contributed by atoms with van der Waals surface area (Å²) in [5, 5.41) is 7.52. The molecule has 0 radical (unpaired) electrons. The number of halogens is 2. The van der Waals surface area contributed by atoms with Crippen LogP contribution in [0.2, 0.25) is 0 Å². The quantitative estimate of drug-likeness (QED) is 0.613. The van der Waals surface area contributed by atoms with Gasteiger partial charge >= 0.3 is 6.61 Å². The maximum atomic E-state index is 12.2. The Balaban J connectivity index is 1.54. The van der Waals surface area contributed by atoms with Crippen molar-refractivity contribution in [3.63, 3.8) is 0 Å². The van der Waals surface area contributed by atoms with Gasteiger partial charge in [-0.05, 0) is 50.1 Å². The lowest BCUT2D eigenvalue weighted by Crippen LogP contribution is -2.23. The minimum atomic E-state index is -2.84. The van der Waals surface area contributed by atoms with Gasteiger partial charge in [0.05, 0.1) is 11.4 Å². The molecule has 1 N–H and O–H groups in total. The third-order valence-electron chi connectivity index (χ3n) is 4.69. The lowest BCUT2D eigenvalue weighted by molar-refractivity contribution is -0.121. The van der Waals surface area contributed by atoms with Gasteiger partial charge in [0, 0.05) is 24.2 Å². The molecule has 7 heteroatoms. The summed E-state index contributed by atoms with van der Waals surface area (Å²) in [4.78, 5) is 12.2. The number of aryl methyl sites for hydroxylation is 2. The molecule has 3 aromatic rings. The van der Waals surface area contributed by atoms with E-state index in [9.17, 15) is 13.6 Å². The van der Waals surface area contributed by atoms with Crippen LogP contribution in [-0.4, -0.2) is 22.3 Å². The highest BCUT2D eigenvalue weighted by atomic mass is 19.3. The van der Waals surface area contributed by atoms with E-state index >= 15 is 0 Å². The van der Waals surface area contributed by atoms with Crippen molar-refractivity contribution in [3.8, 4) is 11.4 Å². The van der Waals surface area contributed by atoms with Crippen LogP contribution in [0.1, 0.15) is 28.9 Å². The molecule has 3 rings (SSSR count). The molecule has 0 aliphatic rings. The van der Waals surface area contributed by atoms with Crippen molar-refractivity contribution in [1.29, 1.82) is 0 Å². The number of amides is 1. The number of para-hydroxylation sites is 1. The van der Waals surface area contributed by atoms with Crippen LogP contribution in [0.15, 0.2) is 54.6 Å². The van der Waals surface area contributed by atoms with E-state index in [0.29, 0.717) is 19.4 Å². The molecule has 1 heterocycles. The van der Waals surface area contributed by atoms with E-state index in [1.807, 2.05) is 48.9 Å². The van der Waals surface area contributed by atoms with E-state index in [2.05, 4.69) is 15.2 Å².